The first-order valence-electron chi connectivity index (χ1n) is 12.2. The first-order chi connectivity index (χ1) is 14.9. The number of benzene rings is 2. The summed E-state index contributed by atoms with van der Waals surface area (Å²) in [5.41, 5.74) is 14.5. The Morgan fingerprint density at radius 2 is 1.62 bits per heavy atom. The molecule has 0 fully saturated rings. The largest absolute Gasteiger partial charge is 1.00 e. The second-order valence-corrected chi connectivity index (χ2v) is 16.1. The van der Waals surface area contributed by atoms with Gasteiger partial charge in [0, 0.05) is 0 Å². The van der Waals surface area contributed by atoms with Gasteiger partial charge in [-0.1, -0.05) is 0 Å². The monoisotopic (exact) mass is 571 g/mol. The second-order valence-electron chi connectivity index (χ2n) is 11.8. The molecular weight excluding hydrogens is 534 g/mol. The molecule has 0 amide bonds. The number of hydrogen-bond donors (Lipinski definition) is 0. The molecule has 34 heavy (non-hydrogen) atoms. The number of allylic oxidation sites excluding steroid dienone is 4. The Hall–Kier alpha value is -0.747. The van der Waals surface area contributed by atoms with Crippen LogP contribution in [0.2, 0.25) is 0 Å². The van der Waals surface area contributed by atoms with Gasteiger partial charge in [0.05, 0.1) is 0 Å². The van der Waals surface area contributed by atoms with Gasteiger partial charge in [-0.05, 0) is 0 Å². The van der Waals surface area contributed by atoms with Crippen molar-refractivity contribution in [3.05, 3.63) is 69.8 Å². The van der Waals surface area contributed by atoms with Crippen molar-refractivity contribution in [2.75, 3.05) is 0 Å². The minimum Gasteiger partial charge on any atom is -1.00 e. The van der Waals surface area contributed by atoms with Crippen LogP contribution in [-0.2, 0) is 46.4 Å². The third-order valence-electron chi connectivity index (χ3n) is 6.89. The van der Waals surface area contributed by atoms with Gasteiger partial charge in [-0.15, -0.1) is 0 Å². The zero-order valence-electron chi connectivity index (χ0n) is 22.3. The molecule has 0 N–H and O–H groups in total. The van der Waals surface area contributed by atoms with Crippen molar-refractivity contribution < 1.29 is 47.6 Å². The maximum Gasteiger partial charge on any atom is -1.00 e. The normalized spacial score (nSPS) is 14.0. The van der Waals surface area contributed by atoms with Gasteiger partial charge in [0.25, 0.3) is 0 Å². The summed E-state index contributed by atoms with van der Waals surface area (Å²) in [6, 6.07) is 7.34. The second kappa shape index (κ2) is 10.7. The van der Waals surface area contributed by atoms with Gasteiger partial charge in [0.2, 0.25) is 0 Å². The van der Waals surface area contributed by atoms with Crippen molar-refractivity contribution in [1.29, 1.82) is 0 Å². The quantitative estimate of drug-likeness (QED) is 0.448. The van der Waals surface area contributed by atoms with Crippen molar-refractivity contribution in [3.8, 4) is 11.1 Å². The summed E-state index contributed by atoms with van der Waals surface area (Å²) in [5.74, 6) is 0. The number of halogens is 2. The van der Waals surface area contributed by atoms with E-state index in [9.17, 15) is 0 Å². The summed E-state index contributed by atoms with van der Waals surface area (Å²) in [7, 11) is 0. The molecule has 0 spiro atoms. The van der Waals surface area contributed by atoms with E-state index in [1.165, 1.54) is 16.7 Å². The van der Waals surface area contributed by atoms with E-state index in [1.54, 1.807) is 39.9 Å². The van der Waals surface area contributed by atoms with E-state index in [-0.39, 0.29) is 35.6 Å². The van der Waals surface area contributed by atoms with Gasteiger partial charge in [-0.3, -0.25) is 0 Å². The van der Waals surface area contributed by atoms with Crippen molar-refractivity contribution in [2.45, 2.75) is 92.4 Å². The van der Waals surface area contributed by atoms with Crippen LogP contribution in [0.1, 0.15) is 102 Å². The van der Waals surface area contributed by atoms with E-state index < -0.39 is 22.8 Å². The smallest absolute Gasteiger partial charge is 1.00 e. The summed E-state index contributed by atoms with van der Waals surface area (Å²) in [6.07, 6.45) is 10.3. The third kappa shape index (κ3) is 5.33. The van der Waals surface area contributed by atoms with E-state index in [2.05, 4.69) is 98.7 Å². The summed E-state index contributed by atoms with van der Waals surface area (Å²) in [5, 5.41) is 0. The Kier molecular flexibility index (Phi) is 9.28. The molecule has 0 unspecified atom stereocenters. The van der Waals surface area contributed by atoms with Crippen LogP contribution in [0.15, 0.2) is 36.4 Å². The fraction of sp³-hybridized carbons (Fsp3) is 0.452. The first kappa shape index (κ1) is 29.5. The van der Waals surface area contributed by atoms with Gasteiger partial charge in [0.15, 0.2) is 0 Å². The average Bonchev–Trinajstić information content (AvgIpc) is 3.33. The number of hydrogen-bond acceptors (Lipinski definition) is 0. The third-order valence-corrected chi connectivity index (χ3v) is 10.1. The van der Waals surface area contributed by atoms with Crippen LogP contribution in [0.3, 0.4) is 0 Å². The van der Waals surface area contributed by atoms with Crippen molar-refractivity contribution in [2.24, 2.45) is 0 Å². The molecule has 181 valence electrons. The van der Waals surface area contributed by atoms with Crippen molar-refractivity contribution >= 4 is 12.1 Å². The SMILES string of the molecule is CCc1c(C2=CC=CC2)c(C(C)(C)C)[c]([Zr+2]=[C](C)C)c2c1-c1ccc(C(C)(C)C)cc1C2.[Cl-].[Cl-]. The standard InChI is InChI=1S/C28H33.C3H6.2ClH.Zr/c1-8-22-25-20(15-19-16-21(27(2,3)4)13-14-23(19)25)17-24(28(5,6)7)26(22)18-11-9-10-12-18;1-3-2;;;/h9-11,13-14,16H,8,12,15H2,1-7H3;1-2H3;2*1H;/q;;;;+2/p-2. The maximum atomic E-state index is 2.51. The first-order valence-corrected chi connectivity index (χ1v) is 14.7. The van der Waals surface area contributed by atoms with Gasteiger partial charge >= 0.3 is 208 Å². The zero-order valence-corrected chi connectivity index (χ0v) is 26.3. The zero-order chi connectivity index (χ0) is 23.4. The molecule has 4 rings (SSSR count). The average molecular weight is 574 g/mol. The predicted octanol–water partition coefficient (Wildman–Crippen LogP) is 1.69. The fourth-order valence-corrected chi connectivity index (χ4v) is 9.14. The molecule has 2 aliphatic rings. The Labute approximate surface area is 231 Å². The van der Waals surface area contributed by atoms with E-state index in [0.717, 1.165) is 19.3 Å². The maximum absolute atomic E-state index is 2.51. The van der Waals surface area contributed by atoms with E-state index in [1.807, 2.05) is 0 Å². The minimum atomic E-state index is -0.806. The molecular formula is C31H39Cl2Zr. The van der Waals surface area contributed by atoms with Crippen molar-refractivity contribution in [1.82, 2.24) is 0 Å². The van der Waals surface area contributed by atoms with Crippen LogP contribution >= 0.6 is 0 Å². The van der Waals surface area contributed by atoms with Crippen LogP contribution in [0, 0.1) is 0 Å². The summed E-state index contributed by atoms with van der Waals surface area (Å²) < 4.78 is 3.44. The molecule has 2 aromatic rings. The molecule has 0 nitrogen and oxygen atoms in total. The molecule has 2 aromatic carbocycles. The molecule has 3 heteroatoms. The number of fused-ring (bicyclic) bond motifs is 3. The minimum absolute atomic E-state index is 0. The van der Waals surface area contributed by atoms with Crippen LogP contribution in [0.25, 0.3) is 16.7 Å². The summed E-state index contributed by atoms with van der Waals surface area (Å²) >= 11 is -0.806. The van der Waals surface area contributed by atoms with Crippen molar-refractivity contribution in [3.63, 3.8) is 0 Å². The van der Waals surface area contributed by atoms with Gasteiger partial charge in [-0.2, -0.15) is 0 Å². The van der Waals surface area contributed by atoms with E-state index >= 15 is 0 Å². The Morgan fingerprint density at radius 3 is 2.12 bits per heavy atom. The Morgan fingerprint density at radius 1 is 0.941 bits per heavy atom. The summed E-state index contributed by atoms with van der Waals surface area (Å²) in [6.45, 7) is 21.4. The van der Waals surface area contributed by atoms with Gasteiger partial charge < -0.3 is 24.8 Å². The van der Waals surface area contributed by atoms with E-state index in [0.29, 0.717) is 0 Å². The Balaban J connectivity index is 0.00000204. The predicted molar refractivity (Wildman–Crippen MR) is 139 cm³/mol. The molecule has 0 aromatic heterocycles. The van der Waals surface area contributed by atoms with Crippen LogP contribution < -0.4 is 28.1 Å². The van der Waals surface area contributed by atoms with Crippen LogP contribution in [-0.4, -0.2) is 3.21 Å². The molecule has 0 bridgehead atoms. The Bertz CT molecular complexity index is 1180. The van der Waals surface area contributed by atoms with Crippen LogP contribution in [0.4, 0.5) is 0 Å². The van der Waals surface area contributed by atoms with E-state index in [4.69, 9.17) is 0 Å². The van der Waals surface area contributed by atoms with Gasteiger partial charge in [0.1, 0.15) is 0 Å². The molecule has 0 radical (unpaired) electrons. The fourth-order valence-electron chi connectivity index (χ4n) is 5.48. The molecule has 0 aliphatic heterocycles. The number of rotatable bonds is 3. The molecule has 0 saturated carbocycles. The molecule has 0 saturated heterocycles. The summed E-state index contributed by atoms with van der Waals surface area (Å²) in [4.78, 5) is 0. The van der Waals surface area contributed by atoms with Gasteiger partial charge in [-0.25, -0.2) is 0 Å². The molecule has 2 aliphatic carbocycles. The molecule has 0 heterocycles. The topological polar surface area (TPSA) is 0 Å². The van der Waals surface area contributed by atoms with Crippen LogP contribution in [0.5, 0.6) is 0 Å². The molecule has 0 atom stereocenters.